The largest absolute Gasteiger partial charge is 0.493 e. The Labute approximate surface area is 119 Å². The van der Waals surface area contributed by atoms with Crippen LogP contribution in [0.3, 0.4) is 0 Å². The Kier molecular flexibility index (Phi) is 7.04. The van der Waals surface area contributed by atoms with E-state index in [1.54, 1.807) is 0 Å². The maximum Gasteiger partial charge on any atom is 0.226 e. The average molecular weight is 281 g/mol. The Morgan fingerprint density at radius 2 is 1.85 bits per heavy atom. The van der Waals surface area contributed by atoms with E-state index in [2.05, 4.69) is 0 Å². The summed E-state index contributed by atoms with van der Waals surface area (Å²) in [5, 5.41) is 17.8. The molecule has 2 N–H and O–H groups in total. The zero-order chi connectivity index (χ0) is 15.0. The van der Waals surface area contributed by atoms with Crippen LogP contribution in [-0.4, -0.2) is 53.9 Å². The first-order valence-corrected chi connectivity index (χ1v) is 6.78. The minimum atomic E-state index is -0.126. The van der Waals surface area contributed by atoms with Gasteiger partial charge in [0.25, 0.3) is 0 Å². The van der Waals surface area contributed by atoms with Gasteiger partial charge in [-0.1, -0.05) is 12.1 Å². The molecule has 0 aromatic heterocycles. The second-order valence-electron chi connectivity index (χ2n) is 4.70. The van der Waals surface area contributed by atoms with Gasteiger partial charge in [-0.3, -0.25) is 4.79 Å². The van der Waals surface area contributed by atoms with Gasteiger partial charge in [-0.25, -0.2) is 0 Å². The first-order chi connectivity index (χ1) is 9.58. The number of ether oxygens (including phenoxy) is 1. The standard InChI is InChI=1S/C15H23NO4/c1-12-3-4-13(2)14(11-12)20-10-5-15(19)16(6-8-17)7-9-18/h3-4,11,17-18H,5-10H2,1-2H3. The van der Waals surface area contributed by atoms with Gasteiger partial charge in [-0.2, -0.15) is 0 Å². The minimum Gasteiger partial charge on any atom is -0.493 e. The first kappa shape index (κ1) is 16.5. The molecule has 5 nitrogen and oxygen atoms in total. The van der Waals surface area contributed by atoms with Gasteiger partial charge in [-0.15, -0.1) is 0 Å². The van der Waals surface area contributed by atoms with E-state index in [-0.39, 0.29) is 45.2 Å². The average Bonchev–Trinajstić information content (AvgIpc) is 2.42. The lowest BCUT2D eigenvalue weighted by Gasteiger charge is -2.20. The normalized spacial score (nSPS) is 10.4. The van der Waals surface area contributed by atoms with Crippen molar-refractivity contribution in [3.63, 3.8) is 0 Å². The van der Waals surface area contributed by atoms with Gasteiger partial charge in [0.2, 0.25) is 5.91 Å². The Balaban J connectivity index is 2.46. The summed E-state index contributed by atoms with van der Waals surface area (Å²) in [7, 11) is 0. The molecule has 0 saturated heterocycles. The fourth-order valence-corrected chi connectivity index (χ4v) is 1.87. The summed E-state index contributed by atoms with van der Waals surface area (Å²) < 4.78 is 5.62. The number of carbonyl (C=O) groups excluding carboxylic acids is 1. The van der Waals surface area contributed by atoms with Crippen LogP contribution in [0.2, 0.25) is 0 Å². The van der Waals surface area contributed by atoms with Crippen molar-refractivity contribution in [1.29, 1.82) is 0 Å². The maximum atomic E-state index is 11.9. The predicted molar refractivity (Wildman–Crippen MR) is 76.8 cm³/mol. The number of aliphatic hydroxyl groups excluding tert-OH is 2. The number of rotatable bonds is 8. The molecule has 0 aliphatic carbocycles. The van der Waals surface area contributed by atoms with Crippen molar-refractivity contribution >= 4 is 5.91 Å². The lowest BCUT2D eigenvalue weighted by atomic mass is 10.1. The topological polar surface area (TPSA) is 70.0 Å². The summed E-state index contributed by atoms with van der Waals surface area (Å²) in [6.07, 6.45) is 0.230. The number of carbonyl (C=O) groups is 1. The molecule has 0 spiro atoms. The van der Waals surface area contributed by atoms with E-state index in [9.17, 15) is 4.79 Å². The van der Waals surface area contributed by atoms with Gasteiger partial charge in [0.1, 0.15) is 5.75 Å². The van der Waals surface area contributed by atoms with E-state index in [0.717, 1.165) is 16.9 Å². The molecule has 20 heavy (non-hydrogen) atoms. The summed E-state index contributed by atoms with van der Waals surface area (Å²) in [4.78, 5) is 13.3. The van der Waals surface area contributed by atoms with Crippen molar-refractivity contribution in [2.24, 2.45) is 0 Å². The molecule has 0 bridgehead atoms. The predicted octanol–water partition coefficient (Wildman–Crippen LogP) is 0.886. The molecule has 0 unspecified atom stereocenters. The van der Waals surface area contributed by atoms with Gasteiger partial charge in [0, 0.05) is 13.1 Å². The molecule has 5 heteroatoms. The van der Waals surface area contributed by atoms with Gasteiger partial charge < -0.3 is 19.8 Å². The Morgan fingerprint density at radius 3 is 2.45 bits per heavy atom. The van der Waals surface area contributed by atoms with Crippen LogP contribution < -0.4 is 4.74 Å². The van der Waals surface area contributed by atoms with Gasteiger partial charge in [0.15, 0.2) is 0 Å². The van der Waals surface area contributed by atoms with Crippen LogP contribution in [0, 0.1) is 13.8 Å². The fourth-order valence-electron chi connectivity index (χ4n) is 1.87. The number of aryl methyl sites for hydroxylation is 2. The Morgan fingerprint density at radius 1 is 1.20 bits per heavy atom. The summed E-state index contributed by atoms with van der Waals surface area (Å²) >= 11 is 0. The van der Waals surface area contributed by atoms with Crippen LogP contribution in [0.1, 0.15) is 17.5 Å². The Bertz CT molecular complexity index is 428. The highest BCUT2D eigenvalue weighted by molar-refractivity contribution is 5.76. The van der Waals surface area contributed by atoms with Crippen LogP contribution in [0.4, 0.5) is 0 Å². The van der Waals surface area contributed by atoms with Crippen molar-refractivity contribution in [2.75, 3.05) is 32.9 Å². The number of benzene rings is 1. The number of nitrogens with zero attached hydrogens (tertiary/aromatic N) is 1. The zero-order valence-corrected chi connectivity index (χ0v) is 12.1. The summed E-state index contributed by atoms with van der Waals surface area (Å²) in [5.74, 6) is 0.659. The van der Waals surface area contributed by atoms with Crippen LogP contribution in [0.25, 0.3) is 0 Å². The molecule has 0 aliphatic heterocycles. The minimum absolute atomic E-state index is 0.108. The molecule has 1 aromatic carbocycles. The number of hydrogen-bond acceptors (Lipinski definition) is 4. The van der Waals surface area contributed by atoms with E-state index in [1.807, 2.05) is 32.0 Å². The number of amides is 1. The molecule has 0 aliphatic rings. The third-order valence-electron chi connectivity index (χ3n) is 3.01. The Hall–Kier alpha value is -1.59. The molecule has 0 fully saturated rings. The molecule has 112 valence electrons. The van der Waals surface area contributed by atoms with E-state index >= 15 is 0 Å². The highest BCUT2D eigenvalue weighted by Crippen LogP contribution is 2.19. The highest BCUT2D eigenvalue weighted by Gasteiger charge is 2.12. The molecule has 1 aromatic rings. The van der Waals surface area contributed by atoms with Crippen molar-refractivity contribution in [2.45, 2.75) is 20.3 Å². The van der Waals surface area contributed by atoms with Crippen molar-refractivity contribution in [3.8, 4) is 5.75 Å². The van der Waals surface area contributed by atoms with E-state index in [4.69, 9.17) is 14.9 Å². The van der Waals surface area contributed by atoms with Gasteiger partial charge in [-0.05, 0) is 31.0 Å². The summed E-state index contributed by atoms with van der Waals surface area (Å²) in [5.41, 5.74) is 2.14. The van der Waals surface area contributed by atoms with E-state index < -0.39 is 0 Å². The molecule has 1 amide bonds. The third kappa shape index (κ3) is 5.19. The van der Waals surface area contributed by atoms with Gasteiger partial charge in [0.05, 0.1) is 26.2 Å². The van der Waals surface area contributed by atoms with Gasteiger partial charge >= 0.3 is 0 Å². The molecular weight excluding hydrogens is 258 g/mol. The van der Waals surface area contributed by atoms with Crippen LogP contribution in [0.5, 0.6) is 5.75 Å². The molecule has 0 radical (unpaired) electrons. The highest BCUT2D eigenvalue weighted by atomic mass is 16.5. The molecule has 0 atom stereocenters. The molecule has 0 heterocycles. The zero-order valence-electron chi connectivity index (χ0n) is 12.1. The molecule has 1 rings (SSSR count). The SMILES string of the molecule is Cc1ccc(C)c(OCCC(=O)N(CCO)CCO)c1. The monoisotopic (exact) mass is 281 g/mol. The smallest absolute Gasteiger partial charge is 0.226 e. The van der Waals surface area contributed by atoms with E-state index in [0.29, 0.717) is 0 Å². The van der Waals surface area contributed by atoms with Crippen molar-refractivity contribution < 1.29 is 19.7 Å². The van der Waals surface area contributed by atoms with Crippen LogP contribution in [-0.2, 0) is 4.79 Å². The molecular formula is C15H23NO4. The van der Waals surface area contributed by atoms with Crippen molar-refractivity contribution in [3.05, 3.63) is 29.3 Å². The van der Waals surface area contributed by atoms with Crippen LogP contribution >= 0.6 is 0 Å². The lowest BCUT2D eigenvalue weighted by Crippen LogP contribution is -2.36. The second-order valence-corrected chi connectivity index (χ2v) is 4.70. The second kappa shape index (κ2) is 8.55. The third-order valence-corrected chi connectivity index (χ3v) is 3.01. The van der Waals surface area contributed by atoms with E-state index in [1.165, 1.54) is 4.90 Å². The maximum absolute atomic E-state index is 11.9. The quantitative estimate of drug-likeness (QED) is 0.742. The molecule has 0 saturated carbocycles. The summed E-state index contributed by atoms with van der Waals surface area (Å²) in [6.45, 7) is 4.50. The lowest BCUT2D eigenvalue weighted by molar-refractivity contribution is -0.132. The van der Waals surface area contributed by atoms with Crippen LogP contribution in [0.15, 0.2) is 18.2 Å². The summed E-state index contributed by atoms with van der Waals surface area (Å²) in [6, 6.07) is 5.94. The first-order valence-electron chi connectivity index (χ1n) is 6.78. The van der Waals surface area contributed by atoms with Crippen molar-refractivity contribution in [1.82, 2.24) is 4.90 Å². The fraction of sp³-hybridized carbons (Fsp3) is 0.533. The number of aliphatic hydroxyl groups is 2. The number of hydrogen-bond donors (Lipinski definition) is 2.